The second-order valence-corrected chi connectivity index (χ2v) is 7.09. The van der Waals surface area contributed by atoms with Gasteiger partial charge in [0.25, 0.3) is 0 Å². The highest BCUT2D eigenvalue weighted by atomic mass is 32.2. The summed E-state index contributed by atoms with van der Waals surface area (Å²) in [6.07, 6.45) is 1.97. The molecule has 1 aromatic carbocycles. The Labute approximate surface area is 174 Å². The lowest BCUT2D eigenvalue weighted by atomic mass is 10.1. The molecule has 1 amide bonds. The average Bonchev–Trinajstić information content (AvgIpc) is 3.35. The monoisotopic (exact) mass is 436 g/mol. The number of hydrogen-bond donors (Lipinski definition) is 1. The van der Waals surface area contributed by atoms with Crippen LogP contribution in [0.2, 0.25) is 0 Å². The zero-order valence-electron chi connectivity index (χ0n) is 15.7. The van der Waals surface area contributed by atoms with Gasteiger partial charge in [-0.05, 0) is 36.4 Å². The van der Waals surface area contributed by atoms with Crippen LogP contribution in [-0.2, 0) is 17.8 Å². The van der Waals surface area contributed by atoms with Crippen molar-refractivity contribution in [2.45, 2.75) is 31.2 Å². The van der Waals surface area contributed by atoms with E-state index in [1.165, 1.54) is 36.0 Å². The van der Waals surface area contributed by atoms with Crippen molar-refractivity contribution in [3.8, 4) is 5.75 Å². The highest BCUT2D eigenvalue weighted by Gasteiger charge is 2.17. The molecule has 3 rings (SSSR count). The van der Waals surface area contributed by atoms with E-state index in [0.717, 1.165) is 0 Å². The van der Waals surface area contributed by atoms with E-state index < -0.39 is 12.5 Å². The molecule has 0 aliphatic heterocycles. The first-order valence-corrected chi connectivity index (χ1v) is 9.84. The minimum atomic E-state index is -2.92. The Morgan fingerprint density at radius 1 is 1.20 bits per heavy atom. The Morgan fingerprint density at radius 2 is 1.97 bits per heavy atom. The van der Waals surface area contributed by atoms with Crippen molar-refractivity contribution in [2.75, 3.05) is 5.75 Å². The number of nitrogens with two attached hydrogens (primary N) is 1. The van der Waals surface area contributed by atoms with E-state index in [1.54, 1.807) is 23.0 Å². The largest absolute Gasteiger partial charge is 0.467 e. The van der Waals surface area contributed by atoms with Gasteiger partial charge < -0.3 is 14.9 Å². The summed E-state index contributed by atoms with van der Waals surface area (Å²) in [5.74, 6) is 0.584. The first-order chi connectivity index (χ1) is 14.4. The molecular formula is C19H18F2N4O4S. The minimum absolute atomic E-state index is 0.0218. The third kappa shape index (κ3) is 5.89. The Morgan fingerprint density at radius 3 is 2.60 bits per heavy atom. The lowest BCUT2D eigenvalue weighted by molar-refractivity contribution is -0.118. The molecule has 0 aliphatic carbocycles. The third-order valence-corrected chi connectivity index (χ3v) is 4.98. The number of halogens is 2. The minimum Gasteiger partial charge on any atom is -0.467 e. The Hall–Kier alpha value is -3.21. The Balaban J connectivity index is 1.69. The highest BCUT2D eigenvalue weighted by molar-refractivity contribution is 7.99. The molecule has 2 heterocycles. The molecule has 0 atom stereocenters. The predicted octanol–water partition coefficient (Wildman–Crippen LogP) is 2.91. The molecule has 158 valence electrons. The number of benzene rings is 1. The molecule has 2 N–H and O–H groups in total. The maximum atomic E-state index is 12.5. The Bertz CT molecular complexity index is 991. The quantitative estimate of drug-likeness (QED) is 0.363. The smallest absolute Gasteiger partial charge is 0.387 e. The van der Waals surface area contributed by atoms with Gasteiger partial charge in [0.2, 0.25) is 5.91 Å². The normalized spacial score (nSPS) is 11.0. The summed E-state index contributed by atoms with van der Waals surface area (Å²) in [7, 11) is 0. The molecule has 0 aliphatic rings. The summed E-state index contributed by atoms with van der Waals surface area (Å²) in [6.45, 7) is -2.59. The second-order valence-electron chi connectivity index (χ2n) is 6.15. The lowest BCUT2D eigenvalue weighted by Crippen LogP contribution is -2.14. The molecule has 0 spiro atoms. The van der Waals surface area contributed by atoms with Gasteiger partial charge in [0.05, 0.1) is 18.6 Å². The molecule has 11 heteroatoms. The van der Waals surface area contributed by atoms with Crippen molar-refractivity contribution >= 4 is 23.5 Å². The number of carbonyl (C=O) groups is 2. The van der Waals surface area contributed by atoms with Crippen molar-refractivity contribution in [2.24, 2.45) is 5.73 Å². The fourth-order valence-corrected chi connectivity index (χ4v) is 3.45. The van der Waals surface area contributed by atoms with Crippen molar-refractivity contribution in [3.05, 3.63) is 59.8 Å². The van der Waals surface area contributed by atoms with Gasteiger partial charge in [-0.2, -0.15) is 8.78 Å². The molecule has 0 radical (unpaired) electrons. The molecule has 0 bridgehead atoms. The molecule has 0 fully saturated rings. The summed E-state index contributed by atoms with van der Waals surface area (Å²) < 4.78 is 35.8. The number of furan rings is 1. The van der Waals surface area contributed by atoms with E-state index >= 15 is 0 Å². The molecule has 8 nitrogen and oxygen atoms in total. The van der Waals surface area contributed by atoms with Gasteiger partial charge in [0.1, 0.15) is 17.3 Å². The van der Waals surface area contributed by atoms with Crippen LogP contribution in [0.3, 0.4) is 0 Å². The SMILES string of the molecule is NC(=O)CCc1nnc(SCC(=O)c2ccc(OC(F)F)cc2)n1Cc1ccco1. The summed E-state index contributed by atoms with van der Waals surface area (Å²) in [5.41, 5.74) is 5.57. The van der Waals surface area contributed by atoms with Crippen LogP contribution in [0.25, 0.3) is 0 Å². The number of carbonyl (C=O) groups excluding carboxylic acids is 2. The van der Waals surface area contributed by atoms with Gasteiger partial charge in [0.15, 0.2) is 10.9 Å². The fourth-order valence-electron chi connectivity index (χ4n) is 2.60. The van der Waals surface area contributed by atoms with Crippen molar-refractivity contribution in [1.82, 2.24) is 14.8 Å². The van der Waals surface area contributed by atoms with Crippen LogP contribution in [-0.4, -0.2) is 38.8 Å². The number of thioether (sulfide) groups is 1. The number of aromatic nitrogens is 3. The van der Waals surface area contributed by atoms with Crippen LogP contribution in [0.15, 0.2) is 52.2 Å². The van der Waals surface area contributed by atoms with E-state index in [1.807, 2.05) is 0 Å². The maximum absolute atomic E-state index is 12.5. The number of primary amides is 1. The number of nitrogens with zero attached hydrogens (tertiary/aromatic N) is 3. The zero-order chi connectivity index (χ0) is 21.5. The van der Waals surface area contributed by atoms with E-state index in [9.17, 15) is 18.4 Å². The maximum Gasteiger partial charge on any atom is 0.387 e. The number of alkyl halides is 2. The van der Waals surface area contributed by atoms with Crippen LogP contribution in [0, 0.1) is 0 Å². The van der Waals surface area contributed by atoms with Crippen molar-refractivity contribution in [3.63, 3.8) is 0 Å². The third-order valence-electron chi connectivity index (χ3n) is 4.02. The topological polar surface area (TPSA) is 113 Å². The number of hydrogen-bond acceptors (Lipinski definition) is 7. The highest BCUT2D eigenvalue weighted by Crippen LogP contribution is 2.22. The van der Waals surface area contributed by atoms with Crippen LogP contribution >= 0.6 is 11.8 Å². The van der Waals surface area contributed by atoms with Gasteiger partial charge >= 0.3 is 6.61 Å². The molecule has 30 heavy (non-hydrogen) atoms. The molecule has 0 saturated heterocycles. The summed E-state index contributed by atoms with van der Waals surface area (Å²) >= 11 is 1.17. The fraction of sp³-hybridized carbons (Fsp3) is 0.263. The second kappa shape index (κ2) is 10.0. The standard InChI is InChI=1S/C19H18F2N4O4S/c20-18(21)29-13-5-3-12(4-6-13)15(26)11-30-19-24-23-17(8-7-16(22)27)25(19)10-14-2-1-9-28-14/h1-6,9,18H,7-8,10-11H2,(H2,22,27). The summed E-state index contributed by atoms with van der Waals surface area (Å²) in [4.78, 5) is 23.6. The number of aryl methyl sites for hydroxylation is 1. The number of rotatable bonds is 11. The first-order valence-electron chi connectivity index (χ1n) is 8.86. The first kappa shape index (κ1) is 21.5. The summed E-state index contributed by atoms with van der Waals surface area (Å²) in [5, 5.41) is 8.70. The molecular weight excluding hydrogens is 418 g/mol. The van der Waals surface area contributed by atoms with E-state index in [0.29, 0.717) is 35.3 Å². The van der Waals surface area contributed by atoms with Gasteiger partial charge in [-0.25, -0.2) is 0 Å². The van der Waals surface area contributed by atoms with Crippen LogP contribution in [0.5, 0.6) is 5.75 Å². The van der Waals surface area contributed by atoms with Crippen molar-refractivity contribution < 1.29 is 27.5 Å². The van der Waals surface area contributed by atoms with Gasteiger partial charge in [-0.3, -0.25) is 14.2 Å². The average molecular weight is 436 g/mol. The number of ether oxygens (including phenoxy) is 1. The van der Waals surface area contributed by atoms with Gasteiger partial charge in [0, 0.05) is 18.4 Å². The van der Waals surface area contributed by atoms with Crippen molar-refractivity contribution in [1.29, 1.82) is 0 Å². The lowest BCUT2D eigenvalue weighted by Gasteiger charge is -2.08. The van der Waals surface area contributed by atoms with Gasteiger partial charge in [-0.15, -0.1) is 10.2 Å². The van der Waals surface area contributed by atoms with Gasteiger partial charge in [-0.1, -0.05) is 11.8 Å². The van der Waals surface area contributed by atoms with Crippen LogP contribution in [0.4, 0.5) is 8.78 Å². The molecule has 3 aromatic rings. The number of amides is 1. The molecule has 0 saturated carbocycles. The molecule has 0 unspecified atom stereocenters. The number of Topliss-reactive ketones (excluding diaryl/α,β-unsaturated/α-hetero) is 1. The van der Waals surface area contributed by atoms with Crippen LogP contribution < -0.4 is 10.5 Å². The zero-order valence-corrected chi connectivity index (χ0v) is 16.5. The van der Waals surface area contributed by atoms with Crippen LogP contribution in [0.1, 0.15) is 28.4 Å². The van der Waals surface area contributed by atoms with E-state index in [4.69, 9.17) is 10.2 Å². The number of ketones is 1. The van der Waals surface area contributed by atoms with E-state index in [2.05, 4.69) is 14.9 Å². The predicted molar refractivity (Wildman–Crippen MR) is 103 cm³/mol. The summed E-state index contributed by atoms with van der Waals surface area (Å²) in [6, 6.07) is 9.01. The van der Waals surface area contributed by atoms with E-state index in [-0.39, 0.29) is 23.7 Å². The molecule has 2 aromatic heterocycles. The Kier molecular flexibility index (Phi) is 7.17.